The van der Waals surface area contributed by atoms with Gasteiger partial charge in [-0.15, -0.1) is 0 Å². The maximum absolute atomic E-state index is 13.0. The molecule has 1 aromatic rings. The van der Waals surface area contributed by atoms with Crippen molar-refractivity contribution in [1.29, 1.82) is 0 Å². The van der Waals surface area contributed by atoms with Crippen LogP contribution in [0.15, 0.2) is 6.07 Å². The van der Waals surface area contributed by atoms with Gasteiger partial charge in [-0.3, -0.25) is 4.79 Å². The second kappa shape index (κ2) is 6.18. The molecular formula is C10H9F3INO2. The van der Waals surface area contributed by atoms with Crippen LogP contribution >= 0.6 is 22.6 Å². The molecule has 0 saturated heterocycles. The zero-order valence-corrected chi connectivity index (χ0v) is 11.0. The predicted octanol–water partition coefficient (Wildman–Crippen LogP) is 2.87. The molecule has 0 spiro atoms. The summed E-state index contributed by atoms with van der Waals surface area (Å²) in [7, 11) is 0. The largest absolute Gasteiger partial charge is 0.466 e. The van der Waals surface area contributed by atoms with Gasteiger partial charge in [-0.2, -0.15) is 4.39 Å². The van der Waals surface area contributed by atoms with Crippen LogP contribution < -0.4 is 0 Å². The fourth-order valence-electron chi connectivity index (χ4n) is 1.26. The first-order valence-corrected chi connectivity index (χ1v) is 5.82. The molecule has 1 heterocycles. The molecule has 0 fully saturated rings. The van der Waals surface area contributed by atoms with Crippen molar-refractivity contribution in [1.82, 2.24) is 4.98 Å². The van der Waals surface area contributed by atoms with E-state index in [1.54, 1.807) is 29.5 Å². The SMILES string of the molecule is CCOC(=O)Cc1nc(F)cc(I)c1C(F)F. The molecule has 0 saturated carbocycles. The highest BCUT2D eigenvalue weighted by Crippen LogP contribution is 2.27. The van der Waals surface area contributed by atoms with Crippen molar-refractivity contribution < 1.29 is 22.7 Å². The Labute approximate surface area is 110 Å². The van der Waals surface area contributed by atoms with Crippen molar-refractivity contribution in [3.05, 3.63) is 26.8 Å². The Morgan fingerprint density at radius 2 is 2.24 bits per heavy atom. The van der Waals surface area contributed by atoms with E-state index in [1.165, 1.54) is 0 Å². The van der Waals surface area contributed by atoms with Gasteiger partial charge in [-0.1, -0.05) is 0 Å². The summed E-state index contributed by atoms with van der Waals surface area (Å²) in [6, 6.07) is 0.900. The van der Waals surface area contributed by atoms with E-state index in [0.717, 1.165) is 6.07 Å². The molecule has 17 heavy (non-hydrogen) atoms. The zero-order valence-electron chi connectivity index (χ0n) is 8.84. The van der Waals surface area contributed by atoms with Crippen molar-refractivity contribution >= 4 is 28.6 Å². The number of ether oxygens (including phenoxy) is 1. The number of carbonyl (C=O) groups is 1. The first kappa shape index (κ1) is 14.2. The number of esters is 1. The molecule has 0 aliphatic rings. The van der Waals surface area contributed by atoms with Gasteiger partial charge in [0.1, 0.15) is 0 Å². The van der Waals surface area contributed by atoms with Crippen LogP contribution in [-0.4, -0.2) is 17.6 Å². The third-order valence-corrected chi connectivity index (χ3v) is 2.78. The van der Waals surface area contributed by atoms with Crippen LogP contribution in [-0.2, 0) is 16.0 Å². The highest BCUT2D eigenvalue weighted by molar-refractivity contribution is 14.1. The lowest BCUT2D eigenvalue weighted by Crippen LogP contribution is -2.13. The maximum atomic E-state index is 13.0. The third-order valence-electron chi connectivity index (χ3n) is 1.89. The van der Waals surface area contributed by atoms with Gasteiger partial charge in [0.2, 0.25) is 5.95 Å². The van der Waals surface area contributed by atoms with Gasteiger partial charge in [-0.05, 0) is 29.5 Å². The van der Waals surface area contributed by atoms with Crippen molar-refractivity contribution in [2.75, 3.05) is 6.61 Å². The van der Waals surface area contributed by atoms with E-state index in [1.807, 2.05) is 0 Å². The van der Waals surface area contributed by atoms with Gasteiger partial charge in [0.05, 0.1) is 24.3 Å². The minimum absolute atomic E-state index is 0.0457. The molecule has 1 rings (SSSR count). The van der Waals surface area contributed by atoms with E-state index in [2.05, 4.69) is 9.72 Å². The second-order valence-electron chi connectivity index (χ2n) is 3.07. The summed E-state index contributed by atoms with van der Waals surface area (Å²) < 4.78 is 43.1. The molecule has 0 N–H and O–H groups in total. The fourth-order valence-corrected chi connectivity index (χ4v) is 2.06. The predicted molar refractivity (Wildman–Crippen MR) is 62.2 cm³/mol. The minimum Gasteiger partial charge on any atom is -0.466 e. The number of aromatic nitrogens is 1. The summed E-state index contributed by atoms with van der Waals surface area (Å²) >= 11 is 1.58. The number of alkyl halides is 2. The number of pyridine rings is 1. The summed E-state index contributed by atoms with van der Waals surface area (Å²) in [6.45, 7) is 1.73. The summed E-state index contributed by atoms with van der Waals surface area (Å²) in [4.78, 5) is 14.5. The minimum atomic E-state index is -2.81. The van der Waals surface area contributed by atoms with Crippen LogP contribution in [0.4, 0.5) is 13.2 Å². The Bertz CT molecular complexity index is 426. The fraction of sp³-hybridized carbons (Fsp3) is 0.400. The van der Waals surface area contributed by atoms with E-state index >= 15 is 0 Å². The number of hydrogen-bond donors (Lipinski definition) is 0. The summed E-state index contributed by atoms with van der Waals surface area (Å²) in [5.74, 6) is -1.60. The van der Waals surface area contributed by atoms with Crippen molar-refractivity contribution in [2.45, 2.75) is 19.8 Å². The van der Waals surface area contributed by atoms with Crippen LogP contribution in [0, 0.1) is 9.52 Å². The Morgan fingerprint density at radius 3 is 2.76 bits per heavy atom. The van der Waals surface area contributed by atoms with Crippen LogP contribution in [0.3, 0.4) is 0 Å². The smallest absolute Gasteiger partial charge is 0.311 e. The van der Waals surface area contributed by atoms with E-state index in [4.69, 9.17) is 0 Å². The van der Waals surface area contributed by atoms with Gasteiger partial charge in [0, 0.05) is 9.64 Å². The molecule has 94 valence electrons. The van der Waals surface area contributed by atoms with Crippen molar-refractivity contribution in [2.24, 2.45) is 0 Å². The Kier molecular flexibility index (Phi) is 5.16. The lowest BCUT2D eigenvalue weighted by atomic mass is 10.1. The Morgan fingerprint density at radius 1 is 1.59 bits per heavy atom. The molecule has 0 aromatic carbocycles. The van der Waals surface area contributed by atoms with E-state index in [0.29, 0.717) is 0 Å². The summed E-state index contributed by atoms with van der Waals surface area (Å²) in [5.41, 5.74) is -0.692. The molecule has 0 radical (unpaired) electrons. The van der Waals surface area contributed by atoms with Crippen molar-refractivity contribution in [3.8, 4) is 0 Å². The second-order valence-corrected chi connectivity index (χ2v) is 4.23. The molecule has 7 heteroatoms. The molecule has 0 unspecified atom stereocenters. The lowest BCUT2D eigenvalue weighted by molar-refractivity contribution is -0.142. The van der Waals surface area contributed by atoms with Crippen LogP contribution in [0.1, 0.15) is 24.6 Å². The van der Waals surface area contributed by atoms with Crippen LogP contribution in [0.2, 0.25) is 0 Å². The summed E-state index contributed by atoms with van der Waals surface area (Å²) in [6.07, 6.45) is -3.26. The Balaban J connectivity index is 3.08. The molecule has 0 amide bonds. The van der Waals surface area contributed by atoms with E-state index in [-0.39, 0.29) is 15.9 Å². The van der Waals surface area contributed by atoms with Crippen molar-refractivity contribution in [3.63, 3.8) is 0 Å². The van der Waals surface area contributed by atoms with Crippen LogP contribution in [0.5, 0.6) is 0 Å². The van der Waals surface area contributed by atoms with E-state index < -0.39 is 30.3 Å². The topological polar surface area (TPSA) is 39.2 Å². The zero-order chi connectivity index (χ0) is 13.0. The molecular weight excluding hydrogens is 350 g/mol. The normalized spacial score (nSPS) is 10.7. The highest BCUT2D eigenvalue weighted by atomic mass is 127. The number of rotatable bonds is 4. The molecule has 0 atom stereocenters. The van der Waals surface area contributed by atoms with Gasteiger partial charge in [0.25, 0.3) is 6.43 Å². The summed E-state index contributed by atoms with van der Waals surface area (Å²) in [5, 5.41) is 0. The van der Waals surface area contributed by atoms with Crippen LogP contribution in [0.25, 0.3) is 0 Å². The number of halogens is 4. The molecule has 0 aliphatic heterocycles. The average molecular weight is 359 g/mol. The average Bonchev–Trinajstić information content (AvgIpc) is 2.15. The van der Waals surface area contributed by atoms with Gasteiger partial charge in [0.15, 0.2) is 0 Å². The standard InChI is InChI=1S/C10H9F3INO2/c1-2-17-8(16)4-6-9(10(12)13)5(14)3-7(11)15-6/h3,10H,2,4H2,1H3. The molecule has 0 aliphatic carbocycles. The van der Waals surface area contributed by atoms with Gasteiger partial charge in [-0.25, -0.2) is 13.8 Å². The molecule has 0 bridgehead atoms. The highest BCUT2D eigenvalue weighted by Gasteiger charge is 2.21. The lowest BCUT2D eigenvalue weighted by Gasteiger charge is -2.09. The molecule has 1 aromatic heterocycles. The Hall–Kier alpha value is -0.860. The number of hydrogen-bond acceptors (Lipinski definition) is 3. The molecule has 3 nitrogen and oxygen atoms in total. The quantitative estimate of drug-likeness (QED) is 0.472. The monoisotopic (exact) mass is 359 g/mol. The van der Waals surface area contributed by atoms with Gasteiger partial charge >= 0.3 is 5.97 Å². The van der Waals surface area contributed by atoms with E-state index in [9.17, 15) is 18.0 Å². The first-order valence-electron chi connectivity index (χ1n) is 4.74. The van der Waals surface area contributed by atoms with Gasteiger partial charge < -0.3 is 4.74 Å². The third kappa shape index (κ3) is 3.83. The maximum Gasteiger partial charge on any atom is 0.311 e. The first-order chi connectivity index (χ1) is 7.95. The number of carbonyl (C=O) groups excluding carboxylic acids is 1. The number of nitrogens with zero attached hydrogens (tertiary/aromatic N) is 1.